The van der Waals surface area contributed by atoms with Gasteiger partial charge in [0, 0.05) is 37.7 Å². The van der Waals surface area contributed by atoms with Crippen LogP contribution in [0.15, 0.2) is 0 Å². The summed E-state index contributed by atoms with van der Waals surface area (Å²) in [5, 5.41) is 15.9. The van der Waals surface area contributed by atoms with Crippen molar-refractivity contribution in [1.82, 2.24) is 10.6 Å². The summed E-state index contributed by atoms with van der Waals surface area (Å²) < 4.78 is 0. The number of nitrogens with one attached hydrogen (secondary N) is 2. The highest BCUT2D eigenvalue weighted by Gasteiger charge is 2.28. The van der Waals surface area contributed by atoms with Crippen LogP contribution in [0.2, 0.25) is 0 Å². The average Bonchev–Trinajstić information content (AvgIpc) is 3.22. The molecule has 2 rings (SSSR count). The molecule has 2 saturated carbocycles. The largest absolute Gasteiger partial charge is 0.396 e. The molecule has 0 aromatic rings. The van der Waals surface area contributed by atoms with Gasteiger partial charge in [-0.2, -0.15) is 0 Å². The molecule has 0 bridgehead atoms. The van der Waals surface area contributed by atoms with Crippen molar-refractivity contribution in [1.29, 1.82) is 0 Å². The maximum atomic E-state index is 11.8. The Kier molecular flexibility index (Phi) is 5.60. The second-order valence-electron chi connectivity index (χ2n) is 5.98. The van der Waals surface area contributed by atoms with Crippen molar-refractivity contribution in [3.8, 4) is 0 Å². The number of carbonyl (C=O) groups excluding carboxylic acids is 1. The molecular weight excluding hydrogens is 242 g/mol. The summed E-state index contributed by atoms with van der Waals surface area (Å²) in [5.74, 6) is 0.413. The van der Waals surface area contributed by atoms with Crippen LogP contribution in [0.4, 0.5) is 0 Å². The van der Waals surface area contributed by atoms with Gasteiger partial charge in [-0.3, -0.25) is 4.79 Å². The minimum Gasteiger partial charge on any atom is -0.396 e. The highest BCUT2D eigenvalue weighted by molar-refractivity contribution is 5.77. The fourth-order valence-electron chi connectivity index (χ4n) is 2.90. The lowest BCUT2D eigenvalue weighted by atomic mass is 9.84. The van der Waals surface area contributed by atoms with Gasteiger partial charge in [0.2, 0.25) is 5.91 Å². The molecule has 3 unspecified atom stereocenters. The number of carbonyl (C=O) groups is 1. The number of hydrogen-bond donors (Lipinski definition) is 4. The smallest absolute Gasteiger partial charge is 0.221 e. The van der Waals surface area contributed by atoms with Gasteiger partial charge in [-0.15, -0.1) is 0 Å². The van der Waals surface area contributed by atoms with Crippen LogP contribution in [0.25, 0.3) is 0 Å². The molecule has 1 amide bonds. The Hall–Kier alpha value is -0.650. The van der Waals surface area contributed by atoms with Crippen LogP contribution in [0.5, 0.6) is 0 Å². The molecule has 2 fully saturated rings. The predicted octanol–water partition coefficient (Wildman–Crippen LogP) is 0.123. The normalized spacial score (nSPS) is 28.9. The number of aliphatic hydroxyl groups excluding tert-OH is 1. The Balaban J connectivity index is 1.77. The fourth-order valence-corrected chi connectivity index (χ4v) is 2.90. The third kappa shape index (κ3) is 4.75. The molecular formula is C14H27N3O2. The Morgan fingerprint density at radius 1 is 1.26 bits per heavy atom. The van der Waals surface area contributed by atoms with Crippen LogP contribution < -0.4 is 16.4 Å². The highest BCUT2D eigenvalue weighted by Crippen LogP contribution is 2.24. The standard InChI is InChI=1S/C14H27N3O2/c15-8-12(7-14(19)17-11-5-6-11)16-13-4-2-1-3-10(13)9-18/h10-13,16,18H,1-9,15H2,(H,17,19). The zero-order valence-electron chi connectivity index (χ0n) is 11.6. The maximum absolute atomic E-state index is 11.8. The SMILES string of the molecule is NCC(CC(=O)NC1CC1)NC1CCCCC1CO. The van der Waals surface area contributed by atoms with Crippen molar-refractivity contribution in [2.75, 3.05) is 13.2 Å². The van der Waals surface area contributed by atoms with Gasteiger partial charge >= 0.3 is 0 Å². The molecule has 0 spiro atoms. The van der Waals surface area contributed by atoms with Gasteiger partial charge in [-0.1, -0.05) is 12.8 Å². The number of amides is 1. The molecule has 5 heteroatoms. The van der Waals surface area contributed by atoms with Gasteiger partial charge < -0.3 is 21.5 Å². The number of hydrogen-bond acceptors (Lipinski definition) is 4. The fraction of sp³-hybridized carbons (Fsp3) is 0.929. The van der Waals surface area contributed by atoms with Gasteiger partial charge in [0.15, 0.2) is 0 Å². The zero-order chi connectivity index (χ0) is 13.7. The Morgan fingerprint density at radius 3 is 2.63 bits per heavy atom. The van der Waals surface area contributed by atoms with Crippen molar-refractivity contribution in [3.63, 3.8) is 0 Å². The van der Waals surface area contributed by atoms with E-state index in [-0.39, 0.29) is 18.6 Å². The Bertz CT molecular complexity index is 294. The van der Waals surface area contributed by atoms with Crippen molar-refractivity contribution >= 4 is 5.91 Å². The molecule has 0 saturated heterocycles. The van der Waals surface area contributed by atoms with E-state index >= 15 is 0 Å². The van der Waals surface area contributed by atoms with Crippen molar-refractivity contribution in [2.24, 2.45) is 11.7 Å². The summed E-state index contributed by atoms with van der Waals surface area (Å²) in [4.78, 5) is 11.8. The van der Waals surface area contributed by atoms with E-state index in [1.54, 1.807) is 0 Å². The first-order valence-electron chi connectivity index (χ1n) is 7.59. The van der Waals surface area contributed by atoms with Gasteiger partial charge in [-0.25, -0.2) is 0 Å². The lowest BCUT2D eigenvalue weighted by Crippen LogP contribution is -2.50. The van der Waals surface area contributed by atoms with E-state index in [2.05, 4.69) is 10.6 Å². The van der Waals surface area contributed by atoms with Gasteiger partial charge in [-0.05, 0) is 31.6 Å². The first-order valence-corrected chi connectivity index (χ1v) is 7.59. The number of rotatable bonds is 7. The van der Waals surface area contributed by atoms with Crippen LogP contribution in [0, 0.1) is 5.92 Å². The minimum atomic E-state index is 0.0240. The van der Waals surface area contributed by atoms with Crippen LogP contribution in [-0.4, -0.2) is 42.3 Å². The summed E-state index contributed by atoms with van der Waals surface area (Å²) in [7, 11) is 0. The summed E-state index contributed by atoms with van der Waals surface area (Å²) in [6, 6.07) is 0.739. The summed E-state index contributed by atoms with van der Waals surface area (Å²) >= 11 is 0. The van der Waals surface area contributed by atoms with Crippen LogP contribution in [0.3, 0.4) is 0 Å². The van der Waals surface area contributed by atoms with E-state index in [9.17, 15) is 9.90 Å². The molecule has 0 aromatic heterocycles. The lowest BCUT2D eigenvalue weighted by Gasteiger charge is -2.34. The maximum Gasteiger partial charge on any atom is 0.221 e. The Labute approximate surface area is 115 Å². The summed E-state index contributed by atoms with van der Waals surface area (Å²) in [6.45, 7) is 0.690. The topological polar surface area (TPSA) is 87.4 Å². The van der Waals surface area contributed by atoms with Crippen molar-refractivity contribution in [3.05, 3.63) is 0 Å². The van der Waals surface area contributed by atoms with Crippen molar-refractivity contribution in [2.45, 2.75) is 63.1 Å². The molecule has 0 heterocycles. The molecule has 5 nitrogen and oxygen atoms in total. The molecule has 0 radical (unpaired) electrons. The summed E-state index contributed by atoms with van der Waals surface area (Å²) in [5.41, 5.74) is 5.77. The first-order chi connectivity index (χ1) is 9.22. The van der Waals surface area contributed by atoms with Crippen LogP contribution in [0.1, 0.15) is 44.9 Å². The number of aliphatic hydroxyl groups is 1. The second-order valence-corrected chi connectivity index (χ2v) is 5.98. The van der Waals surface area contributed by atoms with E-state index < -0.39 is 0 Å². The van der Waals surface area contributed by atoms with Crippen molar-refractivity contribution < 1.29 is 9.90 Å². The molecule has 0 aromatic carbocycles. The van der Waals surface area contributed by atoms with Gasteiger partial charge in [0.25, 0.3) is 0 Å². The van der Waals surface area contributed by atoms with E-state index in [4.69, 9.17) is 5.73 Å². The van der Waals surface area contributed by atoms with Gasteiger partial charge in [0.1, 0.15) is 0 Å². The van der Waals surface area contributed by atoms with E-state index in [1.165, 1.54) is 12.8 Å². The van der Waals surface area contributed by atoms with E-state index in [0.717, 1.165) is 25.7 Å². The average molecular weight is 269 g/mol. The molecule has 5 N–H and O–H groups in total. The summed E-state index contributed by atoms with van der Waals surface area (Å²) in [6.07, 6.45) is 7.20. The molecule has 0 aliphatic heterocycles. The molecule has 2 aliphatic carbocycles. The molecule has 19 heavy (non-hydrogen) atoms. The third-order valence-electron chi connectivity index (χ3n) is 4.25. The number of nitrogens with two attached hydrogens (primary N) is 1. The van der Waals surface area contributed by atoms with Crippen LogP contribution in [-0.2, 0) is 4.79 Å². The van der Waals surface area contributed by atoms with E-state index in [0.29, 0.717) is 31.0 Å². The third-order valence-corrected chi connectivity index (χ3v) is 4.25. The van der Waals surface area contributed by atoms with Gasteiger partial charge in [0.05, 0.1) is 0 Å². The quantitative estimate of drug-likeness (QED) is 0.529. The zero-order valence-corrected chi connectivity index (χ0v) is 11.6. The highest BCUT2D eigenvalue weighted by atomic mass is 16.3. The lowest BCUT2D eigenvalue weighted by molar-refractivity contribution is -0.121. The molecule has 110 valence electrons. The van der Waals surface area contributed by atoms with Crippen LogP contribution >= 0.6 is 0 Å². The molecule has 3 atom stereocenters. The second kappa shape index (κ2) is 7.22. The predicted molar refractivity (Wildman–Crippen MR) is 74.6 cm³/mol. The minimum absolute atomic E-state index is 0.0240. The van der Waals surface area contributed by atoms with E-state index in [1.807, 2.05) is 0 Å². The molecule has 2 aliphatic rings. The first kappa shape index (κ1) is 14.8. The Morgan fingerprint density at radius 2 is 2.00 bits per heavy atom. The monoisotopic (exact) mass is 269 g/mol.